The van der Waals surface area contributed by atoms with Gasteiger partial charge in [0.2, 0.25) is 0 Å². The Hall–Kier alpha value is -0.430. The maximum absolute atomic E-state index is 12.6. The normalized spacial score (nSPS) is 16.5. The molecule has 0 atom stereocenters. The number of hydrogen-bond donors (Lipinski definition) is 1. The van der Waals surface area contributed by atoms with E-state index in [2.05, 4.69) is 13.8 Å². The molecule has 1 aromatic rings. The van der Waals surface area contributed by atoms with Gasteiger partial charge in [-0.2, -0.15) is 4.31 Å². The third kappa shape index (κ3) is 3.56. The molecule has 0 unspecified atom stereocenters. The third-order valence-electron chi connectivity index (χ3n) is 3.26. The molecule has 2 rings (SSSR count). The summed E-state index contributed by atoms with van der Waals surface area (Å²) < 4.78 is 27.2. The molecule has 1 N–H and O–H groups in total. The van der Waals surface area contributed by atoms with Crippen molar-refractivity contribution in [2.45, 2.75) is 50.0 Å². The van der Waals surface area contributed by atoms with Crippen LogP contribution < -0.4 is 0 Å². The van der Waals surface area contributed by atoms with E-state index in [0.717, 1.165) is 19.3 Å². The van der Waals surface area contributed by atoms with Gasteiger partial charge in [-0.1, -0.05) is 13.8 Å². The van der Waals surface area contributed by atoms with Crippen LogP contribution in [0.2, 0.25) is 0 Å². The molecule has 6 heteroatoms. The summed E-state index contributed by atoms with van der Waals surface area (Å²) in [5.41, 5.74) is 0.670. The minimum Gasteiger partial charge on any atom is -0.392 e. The fourth-order valence-corrected chi connectivity index (χ4v) is 4.96. The van der Waals surface area contributed by atoms with Crippen LogP contribution in [-0.4, -0.2) is 30.4 Å². The van der Waals surface area contributed by atoms with Crippen LogP contribution in [0.25, 0.3) is 0 Å². The molecule has 0 aliphatic heterocycles. The third-order valence-corrected chi connectivity index (χ3v) is 6.67. The first-order valence-corrected chi connectivity index (χ1v) is 8.97. The first-order valence-electron chi connectivity index (χ1n) is 6.65. The highest BCUT2D eigenvalue weighted by Gasteiger charge is 2.38. The second-order valence-electron chi connectivity index (χ2n) is 5.46. The Bertz CT molecular complexity index is 518. The molecular formula is C13H21NO3S2. The second kappa shape index (κ2) is 5.91. The van der Waals surface area contributed by atoms with Gasteiger partial charge in [-0.05, 0) is 42.2 Å². The lowest BCUT2D eigenvalue weighted by Crippen LogP contribution is -2.34. The van der Waals surface area contributed by atoms with Gasteiger partial charge < -0.3 is 5.11 Å². The number of hydrogen-bond acceptors (Lipinski definition) is 4. The van der Waals surface area contributed by atoms with Crippen molar-refractivity contribution in [3.63, 3.8) is 0 Å². The zero-order chi connectivity index (χ0) is 14.0. The van der Waals surface area contributed by atoms with E-state index in [0.29, 0.717) is 22.2 Å². The molecule has 1 aliphatic rings. The summed E-state index contributed by atoms with van der Waals surface area (Å²) in [7, 11) is -3.38. The summed E-state index contributed by atoms with van der Waals surface area (Å²) in [4.78, 5) is 0. The van der Waals surface area contributed by atoms with Crippen molar-refractivity contribution in [1.82, 2.24) is 4.31 Å². The van der Waals surface area contributed by atoms with Crippen LogP contribution in [0.15, 0.2) is 15.7 Å². The standard InChI is InChI=1S/C13H21NO3S2/c1-10(2)5-6-14(12-3-4-12)19(16,17)13-7-11(8-15)9-18-13/h7,9-10,12,15H,3-6,8H2,1-2H3. The summed E-state index contributed by atoms with van der Waals surface area (Å²) in [5, 5.41) is 10.8. The van der Waals surface area contributed by atoms with E-state index in [1.54, 1.807) is 15.8 Å². The maximum Gasteiger partial charge on any atom is 0.252 e. The molecule has 0 radical (unpaired) electrons. The molecule has 1 fully saturated rings. The minimum atomic E-state index is -3.38. The smallest absolute Gasteiger partial charge is 0.252 e. The van der Waals surface area contributed by atoms with Gasteiger partial charge in [0.1, 0.15) is 4.21 Å². The fourth-order valence-electron chi connectivity index (χ4n) is 1.93. The van der Waals surface area contributed by atoms with Crippen molar-refractivity contribution in [3.05, 3.63) is 17.0 Å². The van der Waals surface area contributed by atoms with Gasteiger partial charge in [-0.3, -0.25) is 0 Å². The maximum atomic E-state index is 12.6. The van der Waals surface area contributed by atoms with Gasteiger partial charge in [-0.15, -0.1) is 11.3 Å². The first-order chi connectivity index (χ1) is 8.95. The van der Waals surface area contributed by atoms with E-state index in [4.69, 9.17) is 5.11 Å². The van der Waals surface area contributed by atoms with E-state index < -0.39 is 10.0 Å². The molecule has 4 nitrogen and oxygen atoms in total. The molecule has 0 amide bonds. The van der Waals surface area contributed by atoms with E-state index in [9.17, 15) is 8.42 Å². The van der Waals surface area contributed by atoms with Crippen LogP contribution in [0.5, 0.6) is 0 Å². The Balaban J connectivity index is 2.18. The topological polar surface area (TPSA) is 57.6 Å². The van der Waals surface area contributed by atoms with Crippen molar-refractivity contribution in [3.8, 4) is 0 Å². The van der Waals surface area contributed by atoms with Crippen LogP contribution in [0, 0.1) is 5.92 Å². The predicted octanol–water partition coefficient (Wildman–Crippen LogP) is 2.44. The zero-order valence-corrected chi connectivity index (χ0v) is 13.0. The molecular weight excluding hydrogens is 282 g/mol. The summed E-state index contributed by atoms with van der Waals surface area (Å²) in [6, 6.07) is 1.77. The van der Waals surface area contributed by atoms with Gasteiger partial charge in [-0.25, -0.2) is 8.42 Å². The molecule has 1 aromatic heterocycles. The highest BCUT2D eigenvalue weighted by atomic mass is 32.2. The van der Waals surface area contributed by atoms with Gasteiger partial charge in [0, 0.05) is 12.6 Å². The molecule has 108 valence electrons. The lowest BCUT2D eigenvalue weighted by molar-refractivity contribution is 0.282. The molecule has 1 saturated carbocycles. The van der Waals surface area contributed by atoms with Gasteiger partial charge in [0.05, 0.1) is 6.61 Å². The number of nitrogens with zero attached hydrogens (tertiary/aromatic N) is 1. The van der Waals surface area contributed by atoms with Crippen LogP contribution in [0.3, 0.4) is 0 Å². The number of thiophene rings is 1. The monoisotopic (exact) mass is 303 g/mol. The Morgan fingerprint density at radius 1 is 1.47 bits per heavy atom. The SMILES string of the molecule is CC(C)CCN(C1CC1)S(=O)(=O)c1cc(CO)cs1. The predicted molar refractivity (Wildman–Crippen MR) is 76.6 cm³/mol. The van der Waals surface area contributed by atoms with Crippen molar-refractivity contribution in [2.24, 2.45) is 5.92 Å². The molecule has 0 bridgehead atoms. The fraction of sp³-hybridized carbons (Fsp3) is 0.692. The molecule has 1 heterocycles. The zero-order valence-electron chi connectivity index (χ0n) is 11.4. The first kappa shape index (κ1) is 15.0. The Morgan fingerprint density at radius 2 is 2.16 bits per heavy atom. The number of rotatable bonds is 7. The van der Waals surface area contributed by atoms with Crippen molar-refractivity contribution >= 4 is 21.4 Å². The number of aliphatic hydroxyl groups is 1. The van der Waals surface area contributed by atoms with E-state index in [1.165, 1.54) is 11.3 Å². The number of sulfonamides is 1. The van der Waals surface area contributed by atoms with E-state index in [1.807, 2.05) is 0 Å². The van der Waals surface area contributed by atoms with Crippen molar-refractivity contribution in [2.75, 3.05) is 6.54 Å². The van der Waals surface area contributed by atoms with Crippen molar-refractivity contribution < 1.29 is 13.5 Å². The highest BCUT2D eigenvalue weighted by molar-refractivity contribution is 7.91. The van der Waals surface area contributed by atoms with E-state index >= 15 is 0 Å². The van der Waals surface area contributed by atoms with Gasteiger partial charge in [0.25, 0.3) is 10.0 Å². The minimum absolute atomic E-state index is 0.110. The highest BCUT2D eigenvalue weighted by Crippen LogP contribution is 2.34. The largest absolute Gasteiger partial charge is 0.392 e. The Labute approximate surface area is 119 Å². The number of aliphatic hydroxyl groups excluding tert-OH is 1. The van der Waals surface area contributed by atoms with Gasteiger partial charge in [0.15, 0.2) is 0 Å². The van der Waals surface area contributed by atoms with Crippen LogP contribution >= 0.6 is 11.3 Å². The molecule has 0 spiro atoms. The quantitative estimate of drug-likeness (QED) is 0.841. The van der Waals surface area contributed by atoms with E-state index in [-0.39, 0.29) is 12.6 Å². The molecule has 0 aromatic carbocycles. The summed E-state index contributed by atoms with van der Waals surface area (Å²) in [5.74, 6) is 0.493. The van der Waals surface area contributed by atoms with Crippen LogP contribution in [-0.2, 0) is 16.6 Å². The lowest BCUT2D eigenvalue weighted by atomic mass is 10.1. The van der Waals surface area contributed by atoms with Crippen molar-refractivity contribution in [1.29, 1.82) is 0 Å². The van der Waals surface area contributed by atoms with Gasteiger partial charge >= 0.3 is 0 Å². The van der Waals surface area contributed by atoms with Crippen LogP contribution in [0.1, 0.15) is 38.7 Å². The lowest BCUT2D eigenvalue weighted by Gasteiger charge is -2.21. The molecule has 0 saturated heterocycles. The average Bonchev–Trinajstić information content (AvgIpc) is 3.05. The second-order valence-corrected chi connectivity index (χ2v) is 8.49. The summed E-state index contributed by atoms with van der Waals surface area (Å²) in [6.07, 6.45) is 2.82. The average molecular weight is 303 g/mol. The van der Waals surface area contributed by atoms with Crippen LogP contribution in [0.4, 0.5) is 0 Å². The Morgan fingerprint density at radius 3 is 2.63 bits per heavy atom. The summed E-state index contributed by atoms with van der Waals surface area (Å²) in [6.45, 7) is 4.69. The summed E-state index contributed by atoms with van der Waals surface area (Å²) >= 11 is 1.20. The molecule has 1 aliphatic carbocycles. The molecule has 19 heavy (non-hydrogen) atoms. The Kier molecular flexibility index (Phi) is 4.66.